The highest BCUT2D eigenvalue weighted by Gasteiger charge is 2.19. The summed E-state index contributed by atoms with van der Waals surface area (Å²) in [5.74, 6) is 0.911. The Morgan fingerprint density at radius 1 is 1.33 bits per heavy atom. The molecule has 1 aliphatic rings. The van der Waals surface area contributed by atoms with Crippen molar-refractivity contribution in [3.8, 4) is 0 Å². The zero-order valence-electron chi connectivity index (χ0n) is 11.9. The van der Waals surface area contributed by atoms with Crippen LogP contribution in [0.2, 0.25) is 4.34 Å². The lowest BCUT2D eigenvalue weighted by Crippen LogP contribution is -2.26. The molecule has 21 heavy (non-hydrogen) atoms. The highest BCUT2D eigenvalue weighted by atomic mass is 35.5. The Morgan fingerprint density at radius 3 is 2.86 bits per heavy atom. The number of halogens is 1. The molecule has 2 aromatic heterocycles. The monoisotopic (exact) mass is 325 g/mol. The molecule has 1 unspecified atom stereocenters. The first-order valence-electron chi connectivity index (χ1n) is 7.46. The average Bonchev–Trinajstić information content (AvgIpc) is 3.20. The lowest BCUT2D eigenvalue weighted by Gasteiger charge is -2.17. The van der Waals surface area contributed by atoms with Gasteiger partial charge in [0.15, 0.2) is 0 Å². The van der Waals surface area contributed by atoms with Crippen molar-refractivity contribution in [1.82, 2.24) is 5.32 Å². The van der Waals surface area contributed by atoms with Crippen LogP contribution in [0.1, 0.15) is 42.4 Å². The van der Waals surface area contributed by atoms with E-state index in [1.807, 2.05) is 24.3 Å². The van der Waals surface area contributed by atoms with Gasteiger partial charge >= 0.3 is 0 Å². The molecule has 3 rings (SSSR count). The molecule has 0 saturated heterocycles. The van der Waals surface area contributed by atoms with Crippen LogP contribution in [0.15, 0.2) is 34.9 Å². The molecule has 1 saturated carbocycles. The molecule has 0 aliphatic heterocycles. The topological polar surface area (TPSA) is 34.4 Å². The second kappa shape index (κ2) is 7.45. The number of nitrogens with one attached hydrogen (secondary N) is 1. The van der Waals surface area contributed by atoms with Crippen molar-refractivity contribution in [2.45, 2.75) is 37.8 Å². The lowest BCUT2D eigenvalue weighted by atomic mass is 10.2. The Balaban J connectivity index is 1.55. The zero-order valence-corrected chi connectivity index (χ0v) is 13.5. The first-order chi connectivity index (χ1) is 10.3. The fourth-order valence-corrected chi connectivity index (χ4v) is 3.91. The van der Waals surface area contributed by atoms with Gasteiger partial charge in [-0.15, -0.1) is 11.3 Å². The Morgan fingerprint density at radius 2 is 2.19 bits per heavy atom. The molecule has 1 N–H and O–H groups in total. The van der Waals surface area contributed by atoms with Gasteiger partial charge in [-0.2, -0.15) is 0 Å². The van der Waals surface area contributed by atoms with E-state index in [4.69, 9.17) is 20.8 Å². The molecule has 0 bridgehead atoms. The summed E-state index contributed by atoms with van der Waals surface area (Å²) in [6.45, 7) is 1.54. The lowest BCUT2D eigenvalue weighted by molar-refractivity contribution is 0.0594. The Hall–Kier alpha value is -0.810. The summed E-state index contributed by atoms with van der Waals surface area (Å²) < 4.78 is 12.2. The zero-order chi connectivity index (χ0) is 14.5. The number of furan rings is 1. The Bertz CT molecular complexity index is 534. The minimum atomic E-state index is 0.0460. The fraction of sp³-hybridized carbons (Fsp3) is 0.500. The Kier molecular flexibility index (Phi) is 5.36. The summed E-state index contributed by atoms with van der Waals surface area (Å²) in [7, 11) is 0. The van der Waals surface area contributed by atoms with Crippen LogP contribution in [0.25, 0.3) is 0 Å². The van der Waals surface area contributed by atoms with E-state index in [1.54, 1.807) is 17.6 Å². The van der Waals surface area contributed by atoms with Gasteiger partial charge in [0.1, 0.15) is 11.8 Å². The van der Waals surface area contributed by atoms with Crippen LogP contribution in [0.4, 0.5) is 0 Å². The van der Waals surface area contributed by atoms with Gasteiger partial charge in [0.25, 0.3) is 0 Å². The summed E-state index contributed by atoms with van der Waals surface area (Å²) in [6, 6.07) is 7.92. The SMILES string of the molecule is Clc1ccc(C(NCCOC2CCCC2)c2ccco2)s1. The van der Waals surface area contributed by atoms with Crippen molar-refractivity contribution < 1.29 is 9.15 Å². The van der Waals surface area contributed by atoms with Crippen molar-refractivity contribution in [3.63, 3.8) is 0 Å². The predicted octanol–water partition coefficient (Wildman–Crippen LogP) is 4.63. The van der Waals surface area contributed by atoms with Crippen molar-refractivity contribution in [1.29, 1.82) is 0 Å². The molecule has 1 fully saturated rings. The van der Waals surface area contributed by atoms with Gasteiger partial charge in [-0.3, -0.25) is 0 Å². The molecule has 2 aromatic rings. The summed E-state index contributed by atoms with van der Waals surface area (Å²) in [6.07, 6.45) is 7.20. The van der Waals surface area contributed by atoms with Gasteiger partial charge in [0.05, 0.1) is 23.3 Å². The normalized spacial score (nSPS) is 17.4. The third kappa shape index (κ3) is 4.10. The van der Waals surface area contributed by atoms with Gasteiger partial charge < -0.3 is 14.5 Å². The van der Waals surface area contributed by atoms with Gasteiger partial charge in [-0.1, -0.05) is 24.4 Å². The summed E-state index contributed by atoms with van der Waals surface area (Å²) in [5.41, 5.74) is 0. The smallest absolute Gasteiger partial charge is 0.126 e. The molecular weight excluding hydrogens is 306 g/mol. The quantitative estimate of drug-likeness (QED) is 0.753. The van der Waals surface area contributed by atoms with E-state index in [-0.39, 0.29) is 6.04 Å². The molecule has 1 atom stereocenters. The van der Waals surface area contributed by atoms with E-state index < -0.39 is 0 Å². The molecule has 2 heterocycles. The third-order valence-corrected chi connectivity index (χ3v) is 5.11. The predicted molar refractivity (Wildman–Crippen MR) is 86.1 cm³/mol. The molecular formula is C16H20ClNO2S. The van der Waals surface area contributed by atoms with Gasteiger partial charge in [0.2, 0.25) is 0 Å². The van der Waals surface area contributed by atoms with Crippen LogP contribution >= 0.6 is 22.9 Å². The molecule has 5 heteroatoms. The first kappa shape index (κ1) is 15.1. The fourth-order valence-electron chi connectivity index (χ4n) is 2.76. The first-order valence-corrected chi connectivity index (χ1v) is 8.66. The van der Waals surface area contributed by atoms with E-state index in [0.717, 1.165) is 28.1 Å². The maximum Gasteiger partial charge on any atom is 0.126 e. The number of thiophene rings is 1. The van der Waals surface area contributed by atoms with E-state index in [2.05, 4.69) is 5.32 Å². The summed E-state index contributed by atoms with van der Waals surface area (Å²) in [5, 5.41) is 3.51. The van der Waals surface area contributed by atoms with Crippen molar-refractivity contribution >= 4 is 22.9 Å². The molecule has 0 aromatic carbocycles. The van der Waals surface area contributed by atoms with E-state index in [9.17, 15) is 0 Å². The standard InChI is InChI=1S/C16H20ClNO2S/c17-15-8-7-14(21-15)16(13-6-3-10-20-13)18-9-11-19-12-4-1-2-5-12/h3,6-8,10,12,16,18H,1-2,4-5,9,11H2. The number of ether oxygens (including phenoxy) is 1. The second-order valence-corrected chi connectivity index (χ2v) is 7.07. The average molecular weight is 326 g/mol. The number of rotatable bonds is 7. The van der Waals surface area contributed by atoms with Crippen LogP contribution in [0.5, 0.6) is 0 Å². The summed E-state index contributed by atoms with van der Waals surface area (Å²) >= 11 is 7.63. The van der Waals surface area contributed by atoms with Crippen molar-refractivity contribution in [3.05, 3.63) is 45.5 Å². The van der Waals surface area contributed by atoms with Crippen LogP contribution < -0.4 is 5.32 Å². The maximum absolute atomic E-state index is 6.05. The molecule has 0 amide bonds. The highest BCUT2D eigenvalue weighted by Crippen LogP contribution is 2.31. The minimum absolute atomic E-state index is 0.0460. The highest BCUT2D eigenvalue weighted by molar-refractivity contribution is 7.16. The molecule has 114 valence electrons. The van der Waals surface area contributed by atoms with Crippen LogP contribution in [0.3, 0.4) is 0 Å². The van der Waals surface area contributed by atoms with E-state index >= 15 is 0 Å². The van der Waals surface area contributed by atoms with Gasteiger partial charge in [0, 0.05) is 11.4 Å². The van der Waals surface area contributed by atoms with Crippen molar-refractivity contribution in [2.24, 2.45) is 0 Å². The second-order valence-electron chi connectivity index (χ2n) is 5.32. The van der Waals surface area contributed by atoms with Crippen molar-refractivity contribution in [2.75, 3.05) is 13.2 Å². The molecule has 1 aliphatic carbocycles. The van der Waals surface area contributed by atoms with Gasteiger partial charge in [-0.25, -0.2) is 0 Å². The Labute approximate surface area is 134 Å². The largest absolute Gasteiger partial charge is 0.467 e. The van der Waals surface area contributed by atoms with E-state index in [0.29, 0.717) is 6.10 Å². The number of hydrogen-bond acceptors (Lipinski definition) is 4. The maximum atomic E-state index is 6.05. The molecule has 3 nitrogen and oxygen atoms in total. The number of hydrogen-bond donors (Lipinski definition) is 1. The third-order valence-electron chi connectivity index (χ3n) is 3.81. The van der Waals surface area contributed by atoms with Crippen LogP contribution in [0, 0.1) is 0 Å². The van der Waals surface area contributed by atoms with Crippen LogP contribution in [-0.2, 0) is 4.74 Å². The summed E-state index contributed by atoms with van der Waals surface area (Å²) in [4.78, 5) is 1.16. The molecule has 0 radical (unpaired) electrons. The minimum Gasteiger partial charge on any atom is -0.467 e. The molecule has 0 spiro atoms. The van der Waals surface area contributed by atoms with E-state index in [1.165, 1.54) is 25.7 Å². The van der Waals surface area contributed by atoms with Crippen LogP contribution in [-0.4, -0.2) is 19.3 Å². The van der Waals surface area contributed by atoms with Gasteiger partial charge in [-0.05, 0) is 37.1 Å².